The summed E-state index contributed by atoms with van der Waals surface area (Å²) in [6, 6.07) is 3.57. The molecule has 2 aromatic heterocycles. The highest BCUT2D eigenvalue weighted by molar-refractivity contribution is 5.76. The summed E-state index contributed by atoms with van der Waals surface area (Å²) in [7, 11) is 0. The summed E-state index contributed by atoms with van der Waals surface area (Å²) in [5.41, 5.74) is 0.821. The minimum absolute atomic E-state index is 0.137. The number of carbonyl (C=O) groups excluding carboxylic acids is 1. The van der Waals surface area contributed by atoms with Crippen molar-refractivity contribution in [1.82, 2.24) is 20.4 Å². The van der Waals surface area contributed by atoms with Crippen molar-refractivity contribution in [3.63, 3.8) is 0 Å². The lowest BCUT2D eigenvalue weighted by Gasteiger charge is -1.97. The third-order valence-corrected chi connectivity index (χ3v) is 2.36. The molecule has 19 heavy (non-hydrogen) atoms. The molecule has 0 saturated heterocycles. The first-order valence-electron chi connectivity index (χ1n) is 5.72. The van der Waals surface area contributed by atoms with E-state index in [1.807, 2.05) is 0 Å². The Morgan fingerprint density at radius 1 is 1.42 bits per heavy atom. The normalized spacial score (nSPS) is 9.84. The summed E-state index contributed by atoms with van der Waals surface area (Å²) in [5.74, 6) is 3.10. The molecule has 0 aliphatic rings. The molecule has 0 aromatic carbocycles. The van der Waals surface area contributed by atoms with E-state index >= 15 is 0 Å². The summed E-state index contributed by atoms with van der Waals surface area (Å²) in [4.78, 5) is 19.5. The van der Waals surface area contributed by atoms with Gasteiger partial charge in [0.05, 0.1) is 6.54 Å². The van der Waals surface area contributed by atoms with Crippen molar-refractivity contribution in [2.75, 3.05) is 6.54 Å². The predicted octanol–water partition coefficient (Wildman–Crippen LogP) is 0.814. The van der Waals surface area contributed by atoms with Crippen molar-refractivity contribution in [1.29, 1.82) is 0 Å². The fourth-order valence-corrected chi connectivity index (χ4v) is 1.43. The van der Waals surface area contributed by atoms with E-state index in [4.69, 9.17) is 10.9 Å². The molecule has 0 aliphatic heterocycles. The Bertz CT molecular complexity index is 586. The molecular weight excluding hydrogens is 244 g/mol. The molecule has 1 N–H and O–H groups in total. The van der Waals surface area contributed by atoms with Gasteiger partial charge >= 0.3 is 0 Å². The Hall–Kier alpha value is -2.68. The lowest BCUT2D eigenvalue weighted by atomic mass is 10.2. The van der Waals surface area contributed by atoms with Crippen LogP contribution in [0.2, 0.25) is 0 Å². The maximum atomic E-state index is 11.3. The van der Waals surface area contributed by atoms with Crippen LogP contribution in [0.4, 0.5) is 0 Å². The number of nitrogens with zero attached hydrogens (tertiary/aromatic N) is 3. The molecule has 96 valence electrons. The van der Waals surface area contributed by atoms with E-state index in [0.29, 0.717) is 18.1 Å². The smallest absolute Gasteiger partial charge is 0.227 e. The first kappa shape index (κ1) is 12.8. The predicted molar refractivity (Wildman–Crippen MR) is 67.7 cm³/mol. The zero-order valence-corrected chi connectivity index (χ0v) is 10.2. The molecule has 0 aliphatic carbocycles. The second kappa shape index (κ2) is 6.31. The van der Waals surface area contributed by atoms with Gasteiger partial charge in [0.1, 0.15) is 0 Å². The summed E-state index contributed by atoms with van der Waals surface area (Å²) in [6.07, 6.45) is 8.99. The quantitative estimate of drug-likeness (QED) is 0.801. The Morgan fingerprint density at radius 3 is 2.95 bits per heavy atom. The number of carbonyl (C=O) groups is 1. The molecule has 0 atom stereocenters. The van der Waals surface area contributed by atoms with Crippen molar-refractivity contribution in [3.05, 3.63) is 30.4 Å². The van der Waals surface area contributed by atoms with Crippen LogP contribution in [0.1, 0.15) is 12.3 Å². The highest BCUT2D eigenvalue weighted by Crippen LogP contribution is 2.14. The number of nitrogens with one attached hydrogen (secondary N) is 1. The second-order valence-electron chi connectivity index (χ2n) is 3.73. The fourth-order valence-electron chi connectivity index (χ4n) is 1.43. The minimum atomic E-state index is -0.137. The summed E-state index contributed by atoms with van der Waals surface area (Å²) in [5, 5.41) is 6.42. The minimum Gasteiger partial charge on any atom is -0.345 e. The van der Waals surface area contributed by atoms with Gasteiger partial charge in [0.25, 0.3) is 0 Å². The summed E-state index contributed by atoms with van der Waals surface area (Å²) >= 11 is 0. The standard InChI is InChI=1S/C13H12N4O2/c1-2-7-15-11(18)3-4-12-16-13(17-19-12)10-5-8-14-9-6-10/h1,5-6,8-9H,3-4,7H2,(H,15,18). The average molecular weight is 256 g/mol. The van der Waals surface area contributed by atoms with Crippen molar-refractivity contribution in [2.24, 2.45) is 0 Å². The van der Waals surface area contributed by atoms with E-state index in [-0.39, 0.29) is 18.9 Å². The van der Waals surface area contributed by atoms with Crippen LogP contribution >= 0.6 is 0 Å². The number of amides is 1. The zero-order valence-electron chi connectivity index (χ0n) is 10.2. The van der Waals surface area contributed by atoms with Gasteiger partial charge in [0.2, 0.25) is 17.6 Å². The molecule has 2 heterocycles. The van der Waals surface area contributed by atoms with Gasteiger partial charge < -0.3 is 9.84 Å². The van der Waals surface area contributed by atoms with Crippen LogP contribution in [-0.4, -0.2) is 27.6 Å². The van der Waals surface area contributed by atoms with E-state index in [1.54, 1.807) is 24.5 Å². The maximum absolute atomic E-state index is 11.3. The molecule has 0 unspecified atom stereocenters. The number of rotatable bonds is 5. The molecule has 0 fully saturated rings. The van der Waals surface area contributed by atoms with Crippen molar-refractivity contribution in [3.8, 4) is 23.7 Å². The van der Waals surface area contributed by atoms with Crippen LogP contribution in [0.15, 0.2) is 29.0 Å². The molecule has 0 spiro atoms. The molecule has 0 saturated carbocycles. The van der Waals surface area contributed by atoms with Crippen LogP contribution in [0.3, 0.4) is 0 Å². The van der Waals surface area contributed by atoms with Gasteiger partial charge in [-0.2, -0.15) is 4.98 Å². The zero-order chi connectivity index (χ0) is 13.5. The third kappa shape index (κ3) is 3.64. The van der Waals surface area contributed by atoms with Gasteiger partial charge in [-0.1, -0.05) is 11.1 Å². The maximum Gasteiger partial charge on any atom is 0.227 e. The first-order valence-corrected chi connectivity index (χ1v) is 5.72. The molecule has 0 radical (unpaired) electrons. The van der Waals surface area contributed by atoms with Crippen LogP contribution in [0.25, 0.3) is 11.4 Å². The largest absolute Gasteiger partial charge is 0.345 e. The third-order valence-electron chi connectivity index (χ3n) is 2.36. The number of hydrogen-bond acceptors (Lipinski definition) is 5. The Balaban J connectivity index is 1.92. The number of terminal acetylenes is 1. The van der Waals surface area contributed by atoms with Gasteiger partial charge in [-0.3, -0.25) is 9.78 Å². The topological polar surface area (TPSA) is 80.9 Å². The summed E-state index contributed by atoms with van der Waals surface area (Å²) < 4.78 is 5.07. The highest BCUT2D eigenvalue weighted by atomic mass is 16.5. The van der Waals surface area contributed by atoms with Crippen LogP contribution in [0.5, 0.6) is 0 Å². The molecule has 1 amide bonds. The number of aryl methyl sites for hydroxylation is 1. The molecule has 6 heteroatoms. The van der Waals surface area contributed by atoms with Gasteiger partial charge in [0.15, 0.2) is 0 Å². The Labute approximate surface area is 110 Å². The summed E-state index contributed by atoms with van der Waals surface area (Å²) in [6.45, 7) is 0.227. The lowest BCUT2D eigenvalue weighted by Crippen LogP contribution is -2.23. The molecule has 6 nitrogen and oxygen atoms in total. The second-order valence-corrected chi connectivity index (χ2v) is 3.73. The van der Waals surface area contributed by atoms with E-state index in [9.17, 15) is 4.79 Å². The monoisotopic (exact) mass is 256 g/mol. The molecule has 0 bridgehead atoms. The first-order chi connectivity index (χ1) is 9.29. The molecular formula is C13H12N4O2. The molecule has 2 rings (SSSR count). The highest BCUT2D eigenvalue weighted by Gasteiger charge is 2.10. The van der Waals surface area contributed by atoms with E-state index in [1.165, 1.54) is 0 Å². The SMILES string of the molecule is C#CCNC(=O)CCc1nc(-c2ccncc2)no1. The van der Waals surface area contributed by atoms with Crippen LogP contribution < -0.4 is 5.32 Å². The number of hydrogen-bond donors (Lipinski definition) is 1. The van der Waals surface area contributed by atoms with Crippen molar-refractivity contribution < 1.29 is 9.32 Å². The van der Waals surface area contributed by atoms with Gasteiger partial charge in [0, 0.05) is 30.8 Å². The van der Waals surface area contributed by atoms with Gasteiger partial charge in [-0.25, -0.2) is 0 Å². The van der Waals surface area contributed by atoms with Gasteiger partial charge in [-0.15, -0.1) is 6.42 Å². The van der Waals surface area contributed by atoms with Crippen LogP contribution in [-0.2, 0) is 11.2 Å². The average Bonchev–Trinajstić information content (AvgIpc) is 2.93. The Morgan fingerprint density at radius 2 is 2.21 bits per heavy atom. The van der Waals surface area contributed by atoms with Gasteiger partial charge in [-0.05, 0) is 12.1 Å². The lowest BCUT2D eigenvalue weighted by molar-refractivity contribution is -0.120. The van der Waals surface area contributed by atoms with E-state index in [2.05, 4.69) is 26.4 Å². The fraction of sp³-hybridized carbons (Fsp3) is 0.231. The number of pyridine rings is 1. The van der Waals surface area contributed by atoms with E-state index in [0.717, 1.165) is 5.56 Å². The van der Waals surface area contributed by atoms with E-state index < -0.39 is 0 Å². The molecule has 2 aromatic rings. The number of aromatic nitrogens is 3. The van der Waals surface area contributed by atoms with Crippen LogP contribution in [0, 0.1) is 12.3 Å². The van der Waals surface area contributed by atoms with Crippen molar-refractivity contribution >= 4 is 5.91 Å². The van der Waals surface area contributed by atoms with Crippen molar-refractivity contribution in [2.45, 2.75) is 12.8 Å². The Kier molecular flexibility index (Phi) is 4.24.